The lowest BCUT2D eigenvalue weighted by atomic mass is 10.1. The second kappa shape index (κ2) is 3.61. The Morgan fingerprint density at radius 1 is 1.57 bits per heavy atom. The van der Waals surface area contributed by atoms with Crippen LogP contribution in [0.5, 0.6) is 0 Å². The molecule has 0 amide bonds. The Bertz CT molecular complexity index is 350. The van der Waals surface area contributed by atoms with Crippen LogP contribution in [0.15, 0.2) is 4.52 Å². The van der Waals surface area contributed by atoms with E-state index in [0.29, 0.717) is 17.6 Å². The number of hydrogen-bond acceptors (Lipinski definition) is 6. The van der Waals surface area contributed by atoms with Crippen LogP contribution in [0.1, 0.15) is 11.8 Å². The highest BCUT2D eigenvalue weighted by molar-refractivity contribution is 8.00. The fourth-order valence-corrected chi connectivity index (χ4v) is 2.31. The van der Waals surface area contributed by atoms with Crippen molar-refractivity contribution in [2.24, 2.45) is 0 Å². The number of carbonyl (C=O) groups excluding carboxylic acids is 1. The molecule has 76 valence electrons. The van der Waals surface area contributed by atoms with Crippen LogP contribution >= 0.6 is 11.8 Å². The van der Waals surface area contributed by atoms with Gasteiger partial charge in [0.25, 0.3) is 5.95 Å². The van der Waals surface area contributed by atoms with E-state index in [9.17, 15) is 4.79 Å². The monoisotopic (exact) mass is 213 g/mol. The van der Waals surface area contributed by atoms with Gasteiger partial charge in [0.2, 0.25) is 5.89 Å². The molecule has 6 heteroatoms. The first kappa shape index (κ1) is 9.51. The number of carbonyl (C=O) groups is 1. The fourth-order valence-electron chi connectivity index (χ4n) is 1.23. The highest BCUT2D eigenvalue weighted by atomic mass is 32.2. The zero-order chi connectivity index (χ0) is 10.1. The number of aromatic nitrogens is 2. The molecule has 1 saturated heterocycles. The summed E-state index contributed by atoms with van der Waals surface area (Å²) in [6.45, 7) is 0. The maximum Gasteiger partial charge on any atom is 0.265 e. The Labute approximate surface area is 85.8 Å². The quantitative estimate of drug-likeness (QED) is 0.714. The summed E-state index contributed by atoms with van der Waals surface area (Å²) in [5, 5.41) is 3.77. The predicted molar refractivity (Wildman–Crippen MR) is 53.7 cm³/mol. The van der Waals surface area contributed by atoms with Crippen LogP contribution in [0.25, 0.3) is 0 Å². The van der Waals surface area contributed by atoms with Crippen molar-refractivity contribution in [2.75, 3.05) is 30.5 Å². The summed E-state index contributed by atoms with van der Waals surface area (Å²) in [5.74, 6) is 2.27. The molecule has 1 aliphatic rings. The molecule has 1 aromatic heterocycles. The summed E-state index contributed by atoms with van der Waals surface area (Å²) >= 11 is 1.61. The van der Waals surface area contributed by atoms with E-state index in [1.54, 1.807) is 16.7 Å². The van der Waals surface area contributed by atoms with E-state index in [4.69, 9.17) is 4.52 Å². The van der Waals surface area contributed by atoms with Crippen molar-refractivity contribution in [3.8, 4) is 0 Å². The van der Waals surface area contributed by atoms with E-state index >= 15 is 0 Å². The summed E-state index contributed by atoms with van der Waals surface area (Å²) in [7, 11) is 3.67. The lowest BCUT2D eigenvalue weighted by Crippen LogP contribution is -2.12. The molecule has 2 rings (SSSR count). The van der Waals surface area contributed by atoms with Crippen LogP contribution < -0.4 is 4.90 Å². The molecule has 0 radical (unpaired) electrons. The first-order valence-corrected chi connectivity index (χ1v) is 5.45. The van der Waals surface area contributed by atoms with Gasteiger partial charge in [0, 0.05) is 19.8 Å². The first-order chi connectivity index (χ1) is 6.68. The van der Waals surface area contributed by atoms with Gasteiger partial charge in [0.1, 0.15) is 5.92 Å². The largest absolute Gasteiger partial charge is 0.344 e. The highest BCUT2D eigenvalue weighted by Gasteiger charge is 2.31. The summed E-state index contributed by atoms with van der Waals surface area (Å²) in [6, 6.07) is 0. The Morgan fingerprint density at radius 2 is 2.36 bits per heavy atom. The van der Waals surface area contributed by atoms with Crippen molar-refractivity contribution in [3.63, 3.8) is 0 Å². The minimum absolute atomic E-state index is 0.184. The average molecular weight is 213 g/mol. The van der Waals surface area contributed by atoms with E-state index < -0.39 is 0 Å². The Balaban J connectivity index is 2.20. The zero-order valence-corrected chi connectivity index (χ0v) is 8.87. The molecular formula is C8H11N3O2S. The van der Waals surface area contributed by atoms with Crippen molar-refractivity contribution in [1.82, 2.24) is 10.1 Å². The van der Waals surface area contributed by atoms with E-state index in [0.717, 1.165) is 5.75 Å². The topological polar surface area (TPSA) is 59.2 Å². The summed E-state index contributed by atoms with van der Waals surface area (Å²) in [6.07, 6.45) is 0. The molecule has 1 aliphatic heterocycles. The molecule has 1 unspecified atom stereocenters. The number of anilines is 1. The van der Waals surface area contributed by atoms with Crippen LogP contribution in [0.2, 0.25) is 0 Å². The van der Waals surface area contributed by atoms with E-state index in [2.05, 4.69) is 10.1 Å². The number of ketones is 1. The number of nitrogens with zero attached hydrogens (tertiary/aromatic N) is 3. The Morgan fingerprint density at radius 3 is 2.86 bits per heavy atom. The van der Waals surface area contributed by atoms with Gasteiger partial charge in [-0.05, 0) is 5.16 Å². The first-order valence-electron chi connectivity index (χ1n) is 4.30. The molecule has 1 fully saturated rings. The highest BCUT2D eigenvalue weighted by Crippen LogP contribution is 2.29. The van der Waals surface area contributed by atoms with Crippen molar-refractivity contribution in [3.05, 3.63) is 5.89 Å². The second-order valence-corrected chi connectivity index (χ2v) is 4.39. The van der Waals surface area contributed by atoms with Gasteiger partial charge in [0.15, 0.2) is 5.78 Å². The van der Waals surface area contributed by atoms with Crippen LogP contribution in [-0.2, 0) is 4.79 Å². The number of Topliss-reactive ketones (excluding diaryl/α,β-unsaturated/α-hetero) is 1. The van der Waals surface area contributed by atoms with Crippen molar-refractivity contribution >= 4 is 23.5 Å². The van der Waals surface area contributed by atoms with E-state index in [1.165, 1.54) is 0 Å². The molecule has 14 heavy (non-hydrogen) atoms. The molecule has 5 nitrogen and oxygen atoms in total. The van der Waals surface area contributed by atoms with Crippen LogP contribution in [0.4, 0.5) is 5.95 Å². The van der Waals surface area contributed by atoms with E-state index in [-0.39, 0.29) is 11.7 Å². The van der Waals surface area contributed by atoms with Gasteiger partial charge in [-0.3, -0.25) is 4.79 Å². The molecule has 1 aromatic rings. The van der Waals surface area contributed by atoms with Gasteiger partial charge in [-0.2, -0.15) is 16.7 Å². The molecule has 0 aromatic carbocycles. The van der Waals surface area contributed by atoms with Crippen LogP contribution in [0, 0.1) is 0 Å². The Hall–Kier alpha value is -1.04. The predicted octanol–water partition coefficient (Wildman–Crippen LogP) is 0.535. The van der Waals surface area contributed by atoms with Gasteiger partial charge in [-0.15, -0.1) is 0 Å². The normalized spacial score (nSPS) is 21.6. The van der Waals surface area contributed by atoms with Gasteiger partial charge in [0.05, 0.1) is 5.75 Å². The molecular weight excluding hydrogens is 202 g/mol. The maximum atomic E-state index is 11.4. The molecule has 0 aliphatic carbocycles. The third-order valence-corrected chi connectivity index (χ3v) is 3.10. The third-order valence-electron chi connectivity index (χ3n) is 2.05. The molecule has 0 bridgehead atoms. The summed E-state index contributed by atoms with van der Waals surface area (Å²) in [5.41, 5.74) is 0. The van der Waals surface area contributed by atoms with Gasteiger partial charge < -0.3 is 9.42 Å². The molecule has 1 atom stereocenters. The minimum Gasteiger partial charge on any atom is -0.344 e. The van der Waals surface area contributed by atoms with Crippen LogP contribution in [0.3, 0.4) is 0 Å². The lowest BCUT2D eigenvalue weighted by molar-refractivity contribution is -0.117. The fraction of sp³-hybridized carbons (Fsp3) is 0.625. The second-order valence-electron chi connectivity index (χ2n) is 3.36. The zero-order valence-electron chi connectivity index (χ0n) is 8.06. The molecule has 0 spiro atoms. The molecule has 0 saturated carbocycles. The number of rotatable bonds is 2. The third kappa shape index (κ3) is 1.61. The van der Waals surface area contributed by atoms with E-state index in [1.807, 2.05) is 14.1 Å². The SMILES string of the molecule is CN(C)c1noc(C2CSCC2=O)n1. The van der Waals surface area contributed by atoms with Gasteiger partial charge >= 0.3 is 0 Å². The maximum absolute atomic E-state index is 11.4. The van der Waals surface area contributed by atoms with Gasteiger partial charge in [-0.1, -0.05) is 0 Å². The summed E-state index contributed by atoms with van der Waals surface area (Å²) < 4.78 is 5.04. The molecule has 2 heterocycles. The van der Waals surface area contributed by atoms with Crippen molar-refractivity contribution in [2.45, 2.75) is 5.92 Å². The minimum atomic E-state index is -0.193. The average Bonchev–Trinajstić information content (AvgIpc) is 2.71. The van der Waals surface area contributed by atoms with Crippen molar-refractivity contribution < 1.29 is 9.32 Å². The van der Waals surface area contributed by atoms with Gasteiger partial charge in [-0.25, -0.2) is 0 Å². The number of hydrogen-bond donors (Lipinski definition) is 0. The van der Waals surface area contributed by atoms with Crippen molar-refractivity contribution in [1.29, 1.82) is 0 Å². The summed E-state index contributed by atoms with van der Waals surface area (Å²) in [4.78, 5) is 17.3. The molecule has 0 N–H and O–H groups in total. The lowest BCUT2D eigenvalue weighted by Gasteiger charge is -2.02. The number of thioether (sulfide) groups is 1. The smallest absolute Gasteiger partial charge is 0.265 e. The van der Waals surface area contributed by atoms with Crippen LogP contribution in [-0.4, -0.2) is 41.5 Å². The Kier molecular flexibility index (Phi) is 2.45. The standard InChI is InChI=1S/C8H11N3O2S/c1-11(2)8-9-7(13-10-8)5-3-14-4-6(5)12/h5H,3-4H2,1-2H3.